The minimum Gasteiger partial charge on any atom is -0.326 e. The first-order valence-corrected chi connectivity index (χ1v) is 5.44. The number of nitrogens with two attached hydrogens (primary N) is 1. The van der Waals surface area contributed by atoms with E-state index in [9.17, 15) is 0 Å². The Morgan fingerprint density at radius 3 is 2.23 bits per heavy atom. The van der Waals surface area contributed by atoms with E-state index in [4.69, 9.17) is 5.73 Å². The Labute approximate surface area is 82.5 Å². The van der Waals surface area contributed by atoms with Crippen LogP contribution in [-0.4, -0.2) is 30.1 Å². The maximum Gasteiger partial charge on any atom is 0.0217 e. The van der Waals surface area contributed by atoms with Gasteiger partial charge in [-0.25, -0.2) is 0 Å². The molecular weight excluding hydrogens is 160 g/mol. The highest BCUT2D eigenvalue weighted by molar-refractivity contribution is 4.88. The third-order valence-electron chi connectivity index (χ3n) is 3.01. The number of likely N-dealkylation sites (N-methyl/N-ethyl adjacent to an activating group) is 1. The van der Waals surface area contributed by atoms with Crippen molar-refractivity contribution in [1.29, 1.82) is 0 Å². The van der Waals surface area contributed by atoms with Gasteiger partial charge in [0.05, 0.1) is 0 Å². The molecule has 2 nitrogen and oxygen atoms in total. The molecule has 0 aliphatic heterocycles. The van der Waals surface area contributed by atoms with Gasteiger partial charge in [0, 0.05) is 18.6 Å². The van der Waals surface area contributed by atoms with Crippen molar-refractivity contribution in [3.63, 3.8) is 0 Å². The third-order valence-corrected chi connectivity index (χ3v) is 3.01. The number of hydrogen-bond acceptors (Lipinski definition) is 2. The van der Waals surface area contributed by atoms with Gasteiger partial charge in [0.15, 0.2) is 0 Å². The standard InChI is InChI=1S/C11H24N2/c1-5-13(9-6-7-9)8-10(12)11(2,3)4/h9-10H,5-8,12H2,1-4H3. The molecule has 1 fully saturated rings. The molecule has 78 valence electrons. The van der Waals surface area contributed by atoms with Gasteiger partial charge >= 0.3 is 0 Å². The molecule has 1 unspecified atom stereocenters. The van der Waals surface area contributed by atoms with Gasteiger partial charge in [-0.1, -0.05) is 27.7 Å². The van der Waals surface area contributed by atoms with Crippen molar-refractivity contribution in [1.82, 2.24) is 4.90 Å². The lowest BCUT2D eigenvalue weighted by atomic mass is 9.87. The van der Waals surface area contributed by atoms with Gasteiger partial charge in [-0.15, -0.1) is 0 Å². The predicted octanol–water partition coefficient (Wildman–Crippen LogP) is 1.84. The van der Waals surface area contributed by atoms with Crippen molar-refractivity contribution in [3.8, 4) is 0 Å². The molecule has 2 heteroatoms. The minimum absolute atomic E-state index is 0.238. The van der Waals surface area contributed by atoms with Crippen molar-refractivity contribution in [2.75, 3.05) is 13.1 Å². The number of rotatable bonds is 4. The summed E-state index contributed by atoms with van der Waals surface area (Å²) in [7, 11) is 0. The SMILES string of the molecule is CCN(CC(N)C(C)(C)C)C1CC1. The highest BCUT2D eigenvalue weighted by Crippen LogP contribution is 2.28. The van der Waals surface area contributed by atoms with Crippen LogP contribution in [-0.2, 0) is 0 Å². The van der Waals surface area contributed by atoms with Crippen LogP contribution in [0.3, 0.4) is 0 Å². The van der Waals surface area contributed by atoms with Crippen molar-refractivity contribution < 1.29 is 0 Å². The van der Waals surface area contributed by atoms with Gasteiger partial charge in [-0.3, -0.25) is 4.90 Å². The molecule has 1 aliphatic rings. The molecule has 0 saturated heterocycles. The fourth-order valence-electron chi connectivity index (χ4n) is 1.50. The van der Waals surface area contributed by atoms with Crippen LogP contribution in [0.5, 0.6) is 0 Å². The van der Waals surface area contributed by atoms with Gasteiger partial charge in [0.1, 0.15) is 0 Å². The molecule has 13 heavy (non-hydrogen) atoms. The van der Waals surface area contributed by atoms with Crippen molar-refractivity contribution in [2.24, 2.45) is 11.1 Å². The maximum absolute atomic E-state index is 6.15. The quantitative estimate of drug-likeness (QED) is 0.722. The molecule has 0 radical (unpaired) electrons. The largest absolute Gasteiger partial charge is 0.326 e. The van der Waals surface area contributed by atoms with E-state index in [1.165, 1.54) is 12.8 Å². The summed E-state index contributed by atoms with van der Waals surface area (Å²) < 4.78 is 0. The van der Waals surface area contributed by atoms with Gasteiger partial charge in [-0.05, 0) is 24.8 Å². The molecule has 2 N–H and O–H groups in total. The van der Waals surface area contributed by atoms with E-state index < -0.39 is 0 Å². The Morgan fingerprint density at radius 2 is 1.92 bits per heavy atom. The van der Waals surface area contributed by atoms with Crippen LogP contribution in [0, 0.1) is 5.41 Å². The topological polar surface area (TPSA) is 29.3 Å². The molecule has 0 spiro atoms. The number of hydrogen-bond donors (Lipinski definition) is 1. The van der Waals surface area contributed by atoms with Crippen LogP contribution in [0.1, 0.15) is 40.5 Å². The van der Waals surface area contributed by atoms with Crippen LogP contribution in [0.4, 0.5) is 0 Å². The summed E-state index contributed by atoms with van der Waals surface area (Å²) >= 11 is 0. The summed E-state index contributed by atoms with van der Waals surface area (Å²) in [5.74, 6) is 0. The van der Waals surface area contributed by atoms with Gasteiger partial charge in [-0.2, -0.15) is 0 Å². The van der Waals surface area contributed by atoms with E-state index in [1.807, 2.05) is 0 Å². The molecular formula is C11H24N2. The minimum atomic E-state index is 0.238. The van der Waals surface area contributed by atoms with Crippen molar-refractivity contribution in [3.05, 3.63) is 0 Å². The van der Waals surface area contributed by atoms with Crippen LogP contribution in [0.2, 0.25) is 0 Å². The first-order chi connectivity index (χ1) is 5.95. The molecule has 1 aliphatic carbocycles. The fraction of sp³-hybridized carbons (Fsp3) is 1.00. The van der Waals surface area contributed by atoms with Gasteiger partial charge in [0.25, 0.3) is 0 Å². The lowest BCUT2D eigenvalue weighted by Gasteiger charge is -2.32. The maximum atomic E-state index is 6.15. The Morgan fingerprint density at radius 1 is 1.38 bits per heavy atom. The predicted molar refractivity (Wildman–Crippen MR) is 57.7 cm³/mol. The van der Waals surface area contributed by atoms with E-state index in [-0.39, 0.29) is 5.41 Å². The van der Waals surface area contributed by atoms with Gasteiger partial charge in [0.2, 0.25) is 0 Å². The molecule has 0 amide bonds. The molecule has 0 bridgehead atoms. The lowest BCUT2D eigenvalue weighted by molar-refractivity contribution is 0.199. The first kappa shape index (κ1) is 11.0. The Kier molecular flexibility index (Phi) is 3.36. The van der Waals surface area contributed by atoms with E-state index in [1.54, 1.807) is 0 Å². The lowest BCUT2D eigenvalue weighted by Crippen LogP contribution is -2.46. The highest BCUT2D eigenvalue weighted by Gasteiger charge is 2.31. The summed E-state index contributed by atoms with van der Waals surface area (Å²) in [4.78, 5) is 2.52. The normalized spacial score (nSPS) is 20.8. The zero-order valence-electron chi connectivity index (χ0n) is 9.51. The Bertz CT molecular complexity index is 156. The molecule has 1 atom stereocenters. The fourth-order valence-corrected chi connectivity index (χ4v) is 1.50. The second kappa shape index (κ2) is 3.97. The molecule has 1 saturated carbocycles. The van der Waals surface area contributed by atoms with Crippen LogP contribution >= 0.6 is 0 Å². The third kappa shape index (κ3) is 3.28. The smallest absolute Gasteiger partial charge is 0.0217 e. The molecule has 0 aromatic carbocycles. The van der Waals surface area contributed by atoms with E-state index in [2.05, 4.69) is 32.6 Å². The number of nitrogens with zero attached hydrogens (tertiary/aromatic N) is 1. The van der Waals surface area contributed by atoms with Crippen molar-refractivity contribution >= 4 is 0 Å². The first-order valence-electron chi connectivity index (χ1n) is 5.44. The molecule has 1 rings (SSSR count). The summed E-state index contributed by atoms with van der Waals surface area (Å²) in [6.45, 7) is 11.1. The Balaban J connectivity index is 2.36. The highest BCUT2D eigenvalue weighted by atomic mass is 15.2. The van der Waals surface area contributed by atoms with Crippen LogP contribution in [0.25, 0.3) is 0 Å². The zero-order valence-corrected chi connectivity index (χ0v) is 9.51. The van der Waals surface area contributed by atoms with E-state index in [0.717, 1.165) is 19.1 Å². The van der Waals surface area contributed by atoms with Crippen LogP contribution in [0.15, 0.2) is 0 Å². The molecule has 0 aromatic rings. The van der Waals surface area contributed by atoms with E-state index >= 15 is 0 Å². The summed E-state index contributed by atoms with van der Waals surface area (Å²) in [6, 6.07) is 1.14. The molecule has 0 heterocycles. The summed E-state index contributed by atoms with van der Waals surface area (Å²) in [6.07, 6.45) is 2.76. The average molecular weight is 184 g/mol. The monoisotopic (exact) mass is 184 g/mol. The van der Waals surface area contributed by atoms with Gasteiger partial charge < -0.3 is 5.73 Å². The second-order valence-corrected chi connectivity index (χ2v) is 5.29. The second-order valence-electron chi connectivity index (χ2n) is 5.29. The summed E-state index contributed by atoms with van der Waals surface area (Å²) in [5.41, 5.74) is 6.39. The summed E-state index contributed by atoms with van der Waals surface area (Å²) in [5, 5.41) is 0. The zero-order chi connectivity index (χ0) is 10.1. The Hall–Kier alpha value is -0.0800. The average Bonchev–Trinajstić information content (AvgIpc) is 2.80. The van der Waals surface area contributed by atoms with Crippen LogP contribution < -0.4 is 5.73 Å². The van der Waals surface area contributed by atoms with Crippen molar-refractivity contribution in [2.45, 2.75) is 52.6 Å². The molecule has 0 aromatic heterocycles. The van der Waals surface area contributed by atoms with E-state index in [0.29, 0.717) is 6.04 Å².